The number of ketones is 2. The highest BCUT2D eigenvalue weighted by atomic mass is 79.9. The first-order valence-corrected chi connectivity index (χ1v) is 9.12. The zero-order valence-electron chi connectivity index (χ0n) is 14.1. The van der Waals surface area contributed by atoms with Gasteiger partial charge in [-0.05, 0) is 27.9 Å². The Morgan fingerprint density at radius 3 is 2.38 bits per heavy atom. The molecule has 134 valence electrons. The number of carbonyl (C=O) groups excluding carboxylic acids is 3. The first kappa shape index (κ1) is 18.6. The van der Waals surface area contributed by atoms with Gasteiger partial charge in [-0.15, -0.1) is 0 Å². The van der Waals surface area contributed by atoms with Crippen molar-refractivity contribution in [3.63, 3.8) is 0 Å². The number of hydrogen-bond acceptors (Lipinski definition) is 4. The van der Waals surface area contributed by atoms with Crippen LogP contribution in [0.3, 0.4) is 0 Å². The van der Waals surface area contributed by atoms with Gasteiger partial charge >= 0.3 is 6.09 Å². The highest BCUT2D eigenvalue weighted by molar-refractivity contribution is 9.10. The molecule has 2 aromatic rings. The molecule has 0 aliphatic heterocycles. The van der Waals surface area contributed by atoms with Crippen molar-refractivity contribution in [2.75, 3.05) is 11.9 Å². The van der Waals surface area contributed by atoms with Gasteiger partial charge in [-0.2, -0.15) is 0 Å². The SMILES string of the molecule is CC(C)COC(=O)Nc1c(Cl)cc2c(c1Br)C(=O)c1ccccc1C2=O. The van der Waals surface area contributed by atoms with Gasteiger partial charge < -0.3 is 4.74 Å². The van der Waals surface area contributed by atoms with Gasteiger partial charge in [-0.3, -0.25) is 14.9 Å². The summed E-state index contributed by atoms with van der Waals surface area (Å²) in [7, 11) is 0. The fraction of sp³-hybridized carbons (Fsp3) is 0.211. The molecular weight excluding hydrogens is 422 g/mol. The summed E-state index contributed by atoms with van der Waals surface area (Å²) in [6, 6.07) is 8.00. The van der Waals surface area contributed by atoms with Crippen LogP contribution in [0.15, 0.2) is 34.8 Å². The summed E-state index contributed by atoms with van der Waals surface area (Å²) in [4.78, 5) is 37.6. The van der Waals surface area contributed by atoms with Gasteiger partial charge in [-0.1, -0.05) is 49.7 Å². The van der Waals surface area contributed by atoms with E-state index in [1.807, 2.05) is 13.8 Å². The first-order chi connectivity index (χ1) is 12.3. The molecule has 0 atom stereocenters. The summed E-state index contributed by atoms with van der Waals surface area (Å²) in [5, 5.41) is 2.68. The number of amides is 1. The number of fused-ring (bicyclic) bond motifs is 2. The number of ether oxygens (including phenoxy) is 1. The van der Waals surface area contributed by atoms with Gasteiger partial charge in [0.2, 0.25) is 0 Å². The van der Waals surface area contributed by atoms with Crippen LogP contribution < -0.4 is 5.32 Å². The maximum Gasteiger partial charge on any atom is 0.411 e. The van der Waals surface area contributed by atoms with Crippen molar-refractivity contribution in [3.8, 4) is 0 Å². The number of anilines is 1. The Labute approximate surface area is 163 Å². The standard InChI is InChI=1S/C19H15BrClNO4/c1-9(2)8-26-19(25)22-16-13(21)7-12-14(15(16)20)18(24)11-6-4-3-5-10(11)17(12)23/h3-7,9H,8H2,1-2H3,(H,22,25). The monoisotopic (exact) mass is 435 g/mol. The lowest BCUT2D eigenvalue weighted by Gasteiger charge is -2.21. The second-order valence-electron chi connectivity index (χ2n) is 6.29. The maximum absolute atomic E-state index is 12.9. The highest BCUT2D eigenvalue weighted by Crippen LogP contribution is 2.40. The molecular formula is C19H15BrClNO4. The molecule has 0 fully saturated rings. The fourth-order valence-corrected chi connectivity index (χ4v) is 3.75. The molecule has 0 aromatic heterocycles. The van der Waals surface area contributed by atoms with Gasteiger partial charge in [0.1, 0.15) is 0 Å². The topological polar surface area (TPSA) is 72.5 Å². The molecule has 26 heavy (non-hydrogen) atoms. The number of nitrogens with one attached hydrogen (secondary N) is 1. The Morgan fingerprint density at radius 2 is 1.77 bits per heavy atom. The van der Waals surface area contributed by atoms with Gasteiger partial charge in [0, 0.05) is 16.7 Å². The Bertz CT molecular complexity index is 939. The van der Waals surface area contributed by atoms with Crippen LogP contribution in [-0.2, 0) is 4.74 Å². The Morgan fingerprint density at radius 1 is 1.15 bits per heavy atom. The lowest BCUT2D eigenvalue weighted by molar-refractivity contribution is 0.0978. The predicted molar refractivity (Wildman–Crippen MR) is 102 cm³/mol. The molecule has 0 saturated carbocycles. The fourth-order valence-electron chi connectivity index (χ4n) is 2.67. The molecule has 0 unspecified atom stereocenters. The Balaban J connectivity index is 2.03. The molecule has 0 radical (unpaired) electrons. The summed E-state index contributed by atoms with van der Waals surface area (Å²) in [6.07, 6.45) is -0.684. The third-order valence-corrected chi connectivity index (χ3v) is 4.97. The lowest BCUT2D eigenvalue weighted by atomic mass is 9.84. The van der Waals surface area contributed by atoms with Crippen LogP contribution >= 0.6 is 27.5 Å². The van der Waals surface area contributed by atoms with Crippen molar-refractivity contribution in [1.82, 2.24) is 0 Å². The van der Waals surface area contributed by atoms with Crippen LogP contribution in [0, 0.1) is 5.92 Å². The van der Waals surface area contributed by atoms with E-state index in [0.29, 0.717) is 11.1 Å². The Hall–Kier alpha value is -2.18. The van der Waals surface area contributed by atoms with E-state index in [4.69, 9.17) is 16.3 Å². The number of halogens is 2. The summed E-state index contributed by atoms with van der Waals surface area (Å²) < 4.78 is 5.34. The van der Waals surface area contributed by atoms with Gasteiger partial charge in [0.05, 0.1) is 27.4 Å². The van der Waals surface area contributed by atoms with E-state index in [-0.39, 0.29) is 50.4 Å². The zero-order valence-corrected chi connectivity index (χ0v) is 16.4. The molecule has 3 rings (SSSR count). The summed E-state index contributed by atoms with van der Waals surface area (Å²) in [6.45, 7) is 4.07. The molecule has 1 N–H and O–H groups in total. The van der Waals surface area contributed by atoms with Crippen LogP contribution in [0.1, 0.15) is 45.7 Å². The van der Waals surface area contributed by atoms with E-state index in [1.54, 1.807) is 24.3 Å². The molecule has 0 saturated heterocycles. The van der Waals surface area contributed by atoms with Crippen LogP contribution in [0.25, 0.3) is 0 Å². The minimum atomic E-state index is -0.684. The second kappa shape index (κ2) is 7.21. The zero-order chi connectivity index (χ0) is 19.0. The lowest BCUT2D eigenvalue weighted by Crippen LogP contribution is -2.23. The van der Waals surface area contributed by atoms with E-state index in [9.17, 15) is 14.4 Å². The van der Waals surface area contributed by atoms with E-state index in [2.05, 4.69) is 21.2 Å². The first-order valence-electron chi connectivity index (χ1n) is 7.95. The third kappa shape index (κ3) is 3.27. The van der Waals surface area contributed by atoms with E-state index < -0.39 is 6.09 Å². The molecule has 2 aromatic carbocycles. The van der Waals surface area contributed by atoms with E-state index >= 15 is 0 Å². The molecule has 0 spiro atoms. The normalized spacial score (nSPS) is 12.7. The predicted octanol–water partition coefficient (Wildman–Crippen LogP) is 5.08. The van der Waals surface area contributed by atoms with Crippen LogP contribution in [0.4, 0.5) is 10.5 Å². The third-order valence-electron chi connectivity index (χ3n) is 3.88. The summed E-state index contributed by atoms with van der Waals surface area (Å²) in [5.41, 5.74) is 1.23. The van der Waals surface area contributed by atoms with Gasteiger partial charge in [0.25, 0.3) is 0 Å². The average molecular weight is 437 g/mol. The highest BCUT2D eigenvalue weighted by Gasteiger charge is 2.33. The summed E-state index contributed by atoms with van der Waals surface area (Å²) in [5.74, 6) is -0.414. The van der Waals surface area contributed by atoms with E-state index in [0.717, 1.165) is 0 Å². The molecule has 0 bridgehead atoms. The Kier molecular flexibility index (Phi) is 5.16. The van der Waals surface area contributed by atoms with Crippen molar-refractivity contribution >= 4 is 50.9 Å². The van der Waals surface area contributed by atoms with Crippen molar-refractivity contribution in [3.05, 3.63) is 62.1 Å². The minimum Gasteiger partial charge on any atom is -0.449 e. The van der Waals surface area contributed by atoms with Crippen LogP contribution in [0.5, 0.6) is 0 Å². The molecule has 0 heterocycles. The summed E-state index contributed by atoms with van der Waals surface area (Å²) >= 11 is 9.57. The second-order valence-corrected chi connectivity index (χ2v) is 7.49. The maximum atomic E-state index is 12.9. The van der Waals surface area contributed by atoms with E-state index in [1.165, 1.54) is 6.07 Å². The van der Waals surface area contributed by atoms with Crippen molar-refractivity contribution in [2.24, 2.45) is 5.92 Å². The van der Waals surface area contributed by atoms with Gasteiger partial charge in [0.15, 0.2) is 11.6 Å². The van der Waals surface area contributed by atoms with Crippen molar-refractivity contribution in [1.29, 1.82) is 0 Å². The largest absolute Gasteiger partial charge is 0.449 e. The van der Waals surface area contributed by atoms with Crippen molar-refractivity contribution in [2.45, 2.75) is 13.8 Å². The van der Waals surface area contributed by atoms with Crippen LogP contribution in [-0.4, -0.2) is 24.3 Å². The average Bonchev–Trinajstić information content (AvgIpc) is 2.61. The number of carbonyl (C=O) groups is 3. The molecule has 1 aliphatic rings. The number of hydrogen-bond donors (Lipinski definition) is 1. The number of rotatable bonds is 3. The number of benzene rings is 2. The molecule has 1 amide bonds. The van der Waals surface area contributed by atoms with Crippen LogP contribution in [0.2, 0.25) is 5.02 Å². The minimum absolute atomic E-state index is 0.137. The van der Waals surface area contributed by atoms with Gasteiger partial charge in [-0.25, -0.2) is 4.79 Å². The molecule has 7 heteroatoms. The molecule has 5 nitrogen and oxygen atoms in total. The molecule has 1 aliphatic carbocycles. The quantitative estimate of drug-likeness (QED) is 0.621. The van der Waals surface area contributed by atoms with Crippen molar-refractivity contribution < 1.29 is 19.1 Å². The smallest absolute Gasteiger partial charge is 0.411 e.